The van der Waals surface area contributed by atoms with Gasteiger partial charge in [0.25, 0.3) is 0 Å². The van der Waals surface area contributed by atoms with E-state index in [1.807, 2.05) is 36.6 Å². The predicted molar refractivity (Wildman–Crippen MR) is 161 cm³/mol. The maximum absolute atomic E-state index is 6.27. The first-order chi connectivity index (χ1) is 18.6. The number of imidazole rings is 1. The van der Waals surface area contributed by atoms with Crippen molar-refractivity contribution in [1.29, 1.82) is 0 Å². The highest BCUT2D eigenvalue weighted by atomic mass is 79.9. The molecule has 2 heterocycles. The smallest absolute Gasteiger partial charge is 0.207 e. The van der Waals surface area contributed by atoms with Crippen molar-refractivity contribution < 1.29 is 4.74 Å². The van der Waals surface area contributed by atoms with E-state index in [-0.39, 0.29) is 0 Å². The van der Waals surface area contributed by atoms with E-state index in [4.69, 9.17) is 9.72 Å². The van der Waals surface area contributed by atoms with Gasteiger partial charge in [0.1, 0.15) is 11.5 Å². The van der Waals surface area contributed by atoms with Gasteiger partial charge in [-0.15, -0.1) is 0 Å². The first-order valence-electron chi connectivity index (χ1n) is 13.2. The number of benzene rings is 1. The van der Waals surface area contributed by atoms with E-state index in [2.05, 4.69) is 99.6 Å². The monoisotopic (exact) mass is 573 g/mol. The molecule has 0 bridgehead atoms. The van der Waals surface area contributed by atoms with Gasteiger partial charge in [0.2, 0.25) is 5.95 Å². The van der Waals surface area contributed by atoms with Crippen LogP contribution in [0.25, 0.3) is 0 Å². The number of rotatable bonds is 10. The third-order valence-electron chi connectivity index (χ3n) is 6.21. The minimum atomic E-state index is 0.680. The number of aliphatic imine (C=N–C) groups is 1. The molecule has 0 fully saturated rings. The fourth-order valence-electron chi connectivity index (χ4n) is 4.17. The molecule has 1 aliphatic carbocycles. The average molecular weight is 575 g/mol. The largest absolute Gasteiger partial charge is 0.462 e. The van der Waals surface area contributed by atoms with Crippen LogP contribution in [-0.4, -0.2) is 22.3 Å². The van der Waals surface area contributed by atoms with Gasteiger partial charge < -0.3 is 19.9 Å². The van der Waals surface area contributed by atoms with Crippen LogP contribution in [0.4, 0.5) is 11.6 Å². The normalized spacial score (nSPS) is 17.1. The Bertz CT molecular complexity index is 1320. The van der Waals surface area contributed by atoms with Crippen LogP contribution in [0.1, 0.15) is 44.5 Å². The molecule has 7 heteroatoms. The summed E-state index contributed by atoms with van der Waals surface area (Å²) in [6.45, 7) is 4.96. The molecular formula is C31H36BrN5O. The number of nitrogens with zero attached hydrogens (tertiary/aromatic N) is 3. The van der Waals surface area contributed by atoms with Crippen LogP contribution in [-0.2, 0) is 24.6 Å². The lowest BCUT2D eigenvalue weighted by molar-refractivity contribution is 0.312. The number of nitrogens with one attached hydrogen (secondary N) is 2. The number of halogens is 1. The molecule has 1 aromatic carbocycles. The summed E-state index contributed by atoms with van der Waals surface area (Å²) in [5.41, 5.74) is 5.38. The SMILES string of the molecule is CC/C=C\C(=C/CC)NCC1=CCC(O/C2=C/Cc3nc(Nc4ccc(Br)cc4)n(C)c3CC=C2)=CC=N1. The minimum Gasteiger partial charge on any atom is -0.462 e. The fraction of sp³-hybridized carbons (Fsp3) is 0.290. The summed E-state index contributed by atoms with van der Waals surface area (Å²) in [6.07, 6.45) is 22.9. The first-order valence-corrected chi connectivity index (χ1v) is 14.0. The third-order valence-corrected chi connectivity index (χ3v) is 6.73. The van der Waals surface area contributed by atoms with Crippen molar-refractivity contribution in [3.05, 3.63) is 112 Å². The van der Waals surface area contributed by atoms with E-state index in [9.17, 15) is 0 Å². The number of hydrogen-bond donors (Lipinski definition) is 2. The van der Waals surface area contributed by atoms with Crippen molar-refractivity contribution in [2.24, 2.45) is 12.0 Å². The molecule has 1 aliphatic heterocycles. The van der Waals surface area contributed by atoms with Gasteiger partial charge in [-0.3, -0.25) is 4.99 Å². The lowest BCUT2D eigenvalue weighted by Crippen LogP contribution is -2.15. The molecular weight excluding hydrogens is 538 g/mol. The fourth-order valence-corrected chi connectivity index (χ4v) is 4.43. The summed E-state index contributed by atoms with van der Waals surface area (Å²) in [4.78, 5) is 9.49. The zero-order chi connectivity index (χ0) is 26.7. The molecule has 0 atom stereocenters. The lowest BCUT2D eigenvalue weighted by Gasteiger charge is -2.11. The summed E-state index contributed by atoms with van der Waals surface area (Å²) < 4.78 is 9.45. The Morgan fingerprint density at radius 1 is 1.11 bits per heavy atom. The first kappa shape index (κ1) is 27.5. The Morgan fingerprint density at radius 2 is 1.95 bits per heavy atom. The van der Waals surface area contributed by atoms with Crippen LogP contribution in [0.5, 0.6) is 0 Å². The second kappa shape index (κ2) is 13.8. The second-order valence-corrected chi connectivity index (χ2v) is 10.00. The molecule has 6 nitrogen and oxygen atoms in total. The van der Waals surface area contributed by atoms with Crippen LogP contribution >= 0.6 is 15.9 Å². The van der Waals surface area contributed by atoms with Crippen molar-refractivity contribution in [2.75, 3.05) is 11.9 Å². The minimum absolute atomic E-state index is 0.680. The Kier molecular flexibility index (Phi) is 9.98. The number of ether oxygens (including phenoxy) is 1. The van der Waals surface area contributed by atoms with E-state index in [0.717, 1.165) is 64.0 Å². The Hall–Kier alpha value is -3.58. The average Bonchev–Trinajstić information content (AvgIpc) is 3.05. The molecule has 2 aliphatic rings. The molecule has 0 unspecified atom stereocenters. The molecule has 198 valence electrons. The van der Waals surface area contributed by atoms with Gasteiger partial charge >= 0.3 is 0 Å². The van der Waals surface area contributed by atoms with Crippen molar-refractivity contribution in [1.82, 2.24) is 14.9 Å². The lowest BCUT2D eigenvalue weighted by atomic mass is 10.1. The molecule has 0 saturated heterocycles. The quantitative estimate of drug-likeness (QED) is 0.287. The summed E-state index contributed by atoms with van der Waals surface area (Å²) in [6, 6.07) is 8.10. The maximum atomic E-state index is 6.27. The molecule has 0 spiro atoms. The summed E-state index contributed by atoms with van der Waals surface area (Å²) >= 11 is 3.49. The van der Waals surface area contributed by atoms with Crippen LogP contribution in [0.3, 0.4) is 0 Å². The van der Waals surface area contributed by atoms with Crippen molar-refractivity contribution in [3.8, 4) is 0 Å². The van der Waals surface area contributed by atoms with E-state index in [0.29, 0.717) is 19.4 Å². The van der Waals surface area contributed by atoms with E-state index in [1.165, 1.54) is 5.69 Å². The second-order valence-electron chi connectivity index (χ2n) is 9.08. The number of allylic oxidation sites excluding steroid dienone is 8. The maximum Gasteiger partial charge on any atom is 0.207 e. The molecule has 0 radical (unpaired) electrons. The van der Waals surface area contributed by atoms with Gasteiger partial charge in [-0.1, -0.05) is 54.1 Å². The third kappa shape index (κ3) is 7.71. The number of fused-ring (bicyclic) bond motifs is 1. The standard InChI is InChI=1S/C31H36BrN5O/c1-4-6-9-24(8-5-2)34-22-26-16-17-28(20-21-33-26)38-27-10-7-11-30-29(19-18-27)36-31(37(30)3)35-25-14-12-23(32)13-15-25/h6-10,12-16,18,20-21,34H,4-5,11,17,19,22H2,1-3H3,(H,35,36)/b9-6-,10-7?,24-8+,27-18+. The van der Waals surface area contributed by atoms with Gasteiger partial charge in [0, 0.05) is 54.1 Å². The van der Waals surface area contributed by atoms with E-state index < -0.39 is 0 Å². The van der Waals surface area contributed by atoms with Gasteiger partial charge in [0.05, 0.1) is 17.9 Å². The topological polar surface area (TPSA) is 63.5 Å². The summed E-state index contributed by atoms with van der Waals surface area (Å²) in [5.74, 6) is 2.53. The van der Waals surface area contributed by atoms with Gasteiger partial charge in [-0.25, -0.2) is 4.98 Å². The number of hydrogen-bond acceptors (Lipinski definition) is 5. The van der Waals surface area contributed by atoms with E-state index >= 15 is 0 Å². The van der Waals surface area contributed by atoms with Gasteiger partial charge in [-0.05, 0) is 61.4 Å². The Balaban J connectivity index is 1.37. The molecule has 2 aromatic rings. The Labute approximate surface area is 234 Å². The highest BCUT2D eigenvalue weighted by Gasteiger charge is 2.15. The Morgan fingerprint density at radius 3 is 2.74 bits per heavy atom. The van der Waals surface area contributed by atoms with E-state index in [1.54, 1.807) is 0 Å². The molecule has 0 saturated carbocycles. The molecule has 4 rings (SSSR count). The number of aromatic nitrogens is 2. The van der Waals surface area contributed by atoms with Crippen LogP contribution in [0.15, 0.2) is 105 Å². The highest BCUT2D eigenvalue weighted by molar-refractivity contribution is 9.10. The summed E-state index contributed by atoms with van der Waals surface area (Å²) in [7, 11) is 2.05. The van der Waals surface area contributed by atoms with Crippen molar-refractivity contribution in [2.45, 2.75) is 46.0 Å². The van der Waals surface area contributed by atoms with Crippen LogP contribution < -0.4 is 10.6 Å². The highest BCUT2D eigenvalue weighted by Crippen LogP contribution is 2.25. The van der Waals surface area contributed by atoms with Crippen LogP contribution in [0.2, 0.25) is 0 Å². The predicted octanol–water partition coefficient (Wildman–Crippen LogP) is 7.57. The zero-order valence-electron chi connectivity index (χ0n) is 22.4. The molecule has 2 N–H and O–H groups in total. The summed E-state index contributed by atoms with van der Waals surface area (Å²) in [5, 5.41) is 6.92. The van der Waals surface area contributed by atoms with Gasteiger partial charge in [0.15, 0.2) is 0 Å². The number of anilines is 2. The van der Waals surface area contributed by atoms with Gasteiger partial charge in [-0.2, -0.15) is 0 Å². The van der Waals surface area contributed by atoms with Crippen molar-refractivity contribution in [3.63, 3.8) is 0 Å². The van der Waals surface area contributed by atoms with Crippen LogP contribution in [0, 0.1) is 0 Å². The molecule has 0 amide bonds. The van der Waals surface area contributed by atoms with Crippen molar-refractivity contribution >= 4 is 33.8 Å². The molecule has 1 aromatic heterocycles. The zero-order valence-corrected chi connectivity index (χ0v) is 24.0. The molecule has 38 heavy (non-hydrogen) atoms.